The van der Waals surface area contributed by atoms with E-state index in [1.54, 1.807) is 23.6 Å². The quantitative estimate of drug-likeness (QED) is 0.523. The van der Waals surface area contributed by atoms with Crippen LogP contribution in [0.2, 0.25) is 0 Å². The van der Waals surface area contributed by atoms with Crippen molar-refractivity contribution in [2.24, 2.45) is 7.05 Å². The van der Waals surface area contributed by atoms with Crippen molar-refractivity contribution >= 4 is 28.2 Å². The molecule has 4 rings (SSSR count). The average molecular weight is 349 g/mol. The third-order valence-corrected chi connectivity index (χ3v) is 4.28. The summed E-state index contributed by atoms with van der Waals surface area (Å²) in [4.78, 5) is 22.0. The van der Waals surface area contributed by atoms with Crippen LogP contribution in [0.5, 0.6) is 0 Å². The van der Waals surface area contributed by atoms with Crippen molar-refractivity contribution in [2.45, 2.75) is 6.92 Å². The van der Waals surface area contributed by atoms with Crippen LogP contribution in [-0.2, 0) is 11.8 Å². The van der Waals surface area contributed by atoms with E-state index in [4.69, 9.17) is 4.74 Å². The summed E-state index contributed by atoms with van der Waals surface area (Å²) in [5.74, 6) is -0.811. The molecular formula is C20H16FN3O2. The number of carbonyl (C=O) groups excluding carboxylic acids is 1. The van der Waals surface area contributed by atoms with Gasteiger partial charge in [-0.05, 0) is 48.9 Å². The van der Waals surface area contributed by atoms with Gasteiger partial charge in [0.25, 0.3) is 0 Å². The molecule has 0 saturated carbocycles. The van der Waals surface area contributed by atoms with Gasteiger partial charge in [-0.15, -0.1) is 0 Å². The smallest absolute Gasteiger partial charge is 0.342 e. The molecule has 0 aliphatic carbocycles. The maximum absolute atomic E-state index is 13.4. The fourth-order valence-corrected chi connectivity index (χ4v) is 3.12. The third kappa shape index (κ3) is 2.50. The minimum atomic E-state index is -0.470. The van der Waals surface area contributed by atoms with Crippen molar-refractivity contribution in [2.75, 3.05) is 6.61 Å². The van der Waals surface area contributed by atoms with Crippen molar-refractivity contribution in [3.8, 4) is 11.3 Å². The first-order chi connectivity index (χ1) is 12.6. The Bertz CT molecular complexity index is 1130. The Morgan fingerprint density at radius 1 is 1.08 bits per heavy atom. The van der Waals surface area contributed by atoms with Gasteiger partial charge in [0.05, 0.1) is 23.3 Å². The summed E-state index contributed by atoms with van der Waals surface area (Å²) in [7, 11) is 1.81. The number of nitrogens with zero attached hydrogens (tertiary/aromatic N) is 3. The van der Waals surface area contributed by atoms with E-state index in [1.807, 2.05) is 31.3 Å². The lowest BCUT2D eigenvalue weighted by Gasteiger charge is -2.07. The number of aromatic nitrogens is 3. The van der Waals surface area contributed by atoms with E-state index in [0.717, 1.165) is 5.52 Å². The molecule has 0 N–H and O–H groups in total. The Morgan fingerprint density at radius 2 is 1.73 bits per heavy atom. The number of ether oxygens (including phenoxy) is 1. The number of halogens is 1. The molecule has 0 bridgehead atoms. The minimum absolute atomic E-state index is 0.249. The zero-order chi connectivity index (χ0) is 18.3. The van der Waals surface area contributed by atoms with Gasteiger partial charge in [-0.2, -0.15) is 0 Å². The first kappa shape index (κ1) is 16.2. The van der Waals surface area contributed by atoms with Crippen LogP contribution in [0, 0.1) is 5.82 Å². The molecule has 5 nitrogen and oxygen atoms in total. The van der Waals surface area contributed by atoms with Crippen LogP contribution in [0.1, 0.15) is 17.3 Å². The highest BCUT2D eigenvalue weighted by Gasteiger charge is 2.26. The molecule has 0 amide bonds. The van der Waals surface area contributed by atoms with Gasteiger partial charge >= 0.3 is 5.97 Å². The number of aryl methyl sites for hydroxylation is 1. The van der Waals surface area contributed by atoms with E-state index in [1.165, 1.54) is 12.1 Å². The van der Waals surface area contributed by atoms with Crippen LogP contribution in [-0.4, -0.2) is 27.1 Å². The number of benzene rings is 2. The molecule has 4 aromatic rings. The third-order valence-electron chi connectivity index (χ3n) is 4.28. The van der Waals surface area contributed by atoms with E-state index in [2.05, 4.69) is 9.97 Å². The van der Waals surface area contributed by atoms with Crippen LogP contribution in [0.25, 0.3) is 33.5 Å². The molecule has 0 radical (unpaired) electrons. The molecule has 6 heteroatoms. The van der Waals surface area contributed by atoms with Gasteiger partial charge in [0.1, 0.15) is 16.9 Å². The van der Waals surface area contributed by atoms with E-state index in [9.17, 15) is 9.18 Å². The van der Waals surface area contributed by atoms with E-state index in [0.29, 0.717) is 33.5 Å². The summed E-state index contributed by atoms with van der Waals surface area (Å²) < 4.78 is 20.4. The summed E-state index contributed by atoms with van der Waals surface area (Å²) in [6.45, 7) is 2.00. The van der Waals surface area contributed by atoms with Crippen molar-refractivity contribution < 1.29 is 13.9 Å². The van der Waals surface area contributed by atoms with E-state index in [-0.39, 0.29) is 12.4 Å². The van der Waals surface area contributed by atoms with Gasteiger partial charge < -0.3 is 9.30 Å². The Balaban J connectivity index is 2.09. The average Bonchev–Trinajstić information content (AvgIpc) is 2.93. The number of hydrogen-bond donors (Lipinski definition) is 0. The highest BCUT2D eigenvalue weighted by molar-refractivity contribution is 6.09. The number of rotatable bonds is 3. The standard InChI is InChI=1S/C20H16FN3O2/c1-3-26-20(25)16-17-19(23-15-7-5-4-6-14(15)22-17)24(2)18(16)12-8-10-13(21)11-9-12/h4-11H,3H2,1-2H3. The van der Waals surface area contributed by atoms with Gasteiger partial charge in [0.2, 0.25) is 0 Å². The van der Waals surface area contributed by atoms with Gasteiger partial charge in [-0.3, -0.25) is 0 Å². The molecule has 0 spiro atoms. The van der Waals surface area contributed by atoms with Crippen LogP contribution >= 0.6 is 0 Å². The number of esters is 1. The lowest BCUT2D eigenvalue weighted by molar-refractivity contribution is 0.0529. The first-order valence-corrected chi connectivity index (χ1v) is 8.28. The normalized spacial score (nSPS) is 11.2. The summed E-state index contributed by atoms with van der Waals surface area (Å²) in [6.07, 6.45) is 0. The molecule has 0 aliphatic rings. The van der Waals surface area contributed by atoms with E-state index < -0.39 is 5.97 Å². The minimum Gasteiger partial charge on any atom is -0.462 e. The lowest BCUT2D eigenvalue weighted by atomic mass is 10.1. The van der Waals surface area contributed by atoms with Gasteiger partial charge in [-0.1, -0.05) is 12.1 Å². The Morgan fingerprint density at radius 3 is 2.38 bits per heavy atom. The highest BCUT2D eigenvalue weighted by Crippen LogP contribution is 2.33. The second kappa shape index (κ2) is 6.22. The van der Waals surface area contributed by atoms with Crippen LogP contribution in [0.4, 0.5) is 4.39 Å². The molecule has 0 aliphatic heterocycles. The largest absolute Gasteiger partial charge is 0.462 e. The molecule has 0 fully saturated rings. The first-order valence-electron chi connectivity index (χ1n) is 8.28. The predicted molar refractivity (Wildman–Crippen MR) is 97.4 cm³/mol. The molecule has 0 atom stereocenters. The molecular weight excluding hydrogens is 333 g/mol. The zero-order valence-electron chi connectivity index (χ0n) is 14.4. The number of hydrogen-bond acceptors (Lipinski definition) is 4. The monoisotopic (exact) mass is 349 g/mol. The topological polar surface area (TPSA) is 57.0 Å². The second-order valence-electron chi connectivity index (χ2n) is 5.89. The Kier molecular flexibility index (Phi) is 3.88. The van der Waals surface area contributed by atoms with Crippen molar-refractivity contribution in [1.82, 2.24) is 14.5 Å². The van der Waals surface area contributed by atoms with E-state index >= 15 is 0 Å². The number of carbonyl (C=O) groups is 1. The lowest BCUT2D eigenvalue weighted by Crippen LogP contribution is -2.07. The molecule has 26 heavy (non-hydrogen) atoms. The van der Waals surface area contributed by atoms with Crippen LogP contribution in [0.3, 0.4) is 0 Å². The fraction of sp³-hybridized carbons (Fsp3) is 0.150. The predicted octanol–water partition coefficient (Wildman–Crippen LogP) is 4.10. The molecule has 0 saturated heterocycles. The van der Waals surface area contributed by atoms with Crippen molar-refractivity contribution in [1.29, 1.82) is 0 Å². The zero-order valence-corrected chi connectivity index (χ0v) is 14.4. The molecule has 130 valence electrons. The maximum Gasteiger partial charge on any atom is 0.342 e. The molecule has 2 aromatic heterocycles. The molecule has 2 heterocycles. The van der Waals surface area contributed by atoms with Crippen molar-refractivity contribution in [3.05, 3.63) is 59.9 Å². The van der Waals surface area contributed by atoms with Crippen LogP contribution < -0.4 is 0 Å². The Labute approximate surface area is 149 Å². The van der Waals surface area contributed by atoms with Crippen molar-refractivity contribution in [3.63, 3.8) is 0 Å². The number of para-hydroxylation sites is 2. The number of fused-ring (bicyclic) bond motifs is 2. The summed E-state index contributed by atoms with van der Waals surface area (Å²) in [5.41, 5.74) is 4.13. The SMILES string of the molecule is CCOC(=O)c1c(-c2ccc(F)cc2)n(C)c2nc3ccccc3nc12. The Hall–Kier alpha value is -3.28. The van der Waals surface area contributed by atoms with Gasteiger partial charge in [0, 0.05) is 7.05 Å². The fourth-order valence-electron chi connectivity index (χ4n) is 3.12. The summed E-state index contributed by atoms with van der Waals surface area (Å²) >= 11 is 0. The molecule has 0 unspecified atom stereocenters. The van der Waals surface area contributed by atoms with Gasteiger partial charge in [-0.25, -0.2) is 19.2 Å². The highest BCUT2D eigenvalue weighted by atomic mass is 19.1. The summed E-state index contributed by atoms with van der Waals surface area (Å²) in [6, 6.07) is 13.5. The summed E-state index contributed by atoms with van der Waals surface area (Å²) in [5, 5.41) is 0. The molecule has 2 aromatic carbocycles. The second-order valence-corrected chi connectivity index (χ2v) is 5.89. The van der Waals surface area contributed by atoms with Crippen LogP contribution in [0.15, 0.2) is 48.5 Å². The van der Waals surface area contributed by atoms with Gasteiger partial charge in [0.15, 0.2) is 5.65 Å². The maximum atomic E-state index is 13.4.